The van der Waals surface area contributed by atoms with Gasteiger partial charge in [0, 0.05) is 3.57 Å². The maximum atomic E-state index is 5.78. The topological polar surface area (TPSA) is 18.5 Å². The number of halogens is 1. The van der Waals surface area contributed by atoms with Gasteiger partial charge in [0.05, 0.1) is 7.11 Å². The van der Waals surface area contributed by atoms with Gasteiger partial charge in [-0.1, -0.05) is 18.2 Å². The summed E-state index contributed by atoms with van der Waals surface area (Å²) >= 11 is 2.29. The van der Waals surface area contributed by atoms with Gasteiger partial charge >= 0.3 is 0 Å². The lowest BCUT2D eigenvalue weighted by Crippen LogP contribution is -1.97. The SMILES string of the molecule is COc1cc(C)ccc1OCc1ccc(I)cc1. The van der Waals surface area contributed by atoms with E-state index in [4.69, 9.17) is 9.47 Å². The van der Waals surface area contributed by atoms with Crippen molar-refractivity contribution in [2.75, 3.05) is 7.11 Å². The van der Waals surface area contributed by atoms with Crippen LogP contribution < -0.4 is 9.47 Å². The Morgan fingerprint density at radius 1 is 1.00 bits per heavy atom. The van der Waals surface area contributed by atoms with Crippen LogP contribution in [-0.2, 0) is 6.61 Å². The Labute approximate surface area is 121 Å². The molecule has 2 aromatic carbocycles. The van der Waals surface area contributed by atoms with Crippen LogP contribution in [0, 0.1) is 10.5 Å². The molecule has 0 aliphatic heterocycles. The lowest BCUT2D eigenvalue weighted by molar-refractivity contribution is 0.284. The van der Waals surface area contributed by atoms with Crippen molar-refractivity contribution < 1.29 is 9.47 Å². The number of rotatable bonds is 4. The highest BCUT2D eigenvalue weighted by Gasteiger charge is 2.04. The molecule has 18 heavy (non-hydrogen) atoms. The first kappa shape index (κ1) is 13.2. The van der Waals surface area contributed by atoms with Gasteiger partial charge in [-0.25, -0.2) is 0 Å². The lowest BCUT2D eigenvalue weighted by Gasteiger charge is -2.11. The molecule has 0 heterocycles. The smallest absolute Gasteiger partial charge is 0.161 e. The molecular weight excluding hydrogens is 339 g/mol. The summed E-state index contributed by atoms with van der Waals surface area (Å²) in [6, 6.07) is 14.2. The Hall–Kier alpha value is -1.23. The monoisotopic (exact) mass is 354 g/mol. The quantitative estimate of drug-likeness (QED) is 0.767. The van der Waals surface area contributed by atoms with Crippen LogP contribution in [-0.4, -0.2) is 7.11 Å². The van der Waals surface area contributed by atoms with Crippen molar-refractivity contribution in [1.82, 2.24) is 0 Å². The molecule has 0 saturated carbocycles. The summed E-state index contributed by atoms with van der Waals surface area (Å²) in [4.78, 5) is 0. The number of aryl methyl sites for hydroxylation is 1. The van der Waals surface area contributed by atoms with Crippen LogP contribution in [0.3, 0.4) is 0 Å². The van der Waals surface area contributed by atoms with E-state index in [-0.39, 0.29) is 0 Å². The molecule has 0 aliphatic carbocycles. The molecular formula is C15H15IO2. The Morgan fingerprint density at radius 2 is 1.72 bits per heavy atom. The summed E-state index contributed by atoms with van der Waals surface area (Å²) in [5, 5.41) is 0. The normalized spacial score (nSPS) is 10.2. The second-order valence-electron chi connectivity index (χ2n) is 4.07. The third-order valence-corrected chi connectivity index (χ3v) is 3.35. The number of hydrogen-bond acceptors (Lipinski definition) is 2. The van der Waals surface area contributed by atoms with Gasteiger partial charge in [0.2, 0.25) is 0 Å². The van der Waals surface area contributed by atoms with Crippen molar-refractivity contribution in [2.24, 2.45) is 0 Å². The summed E-state index contributed by atoms with van der Waals surface area (Å²) in [7, 11) is 1.66. The van der Waals surface area contributed by atoms with Gasteiger partial charge in [-0.15, -0.1) is 0 Å². The van der Waals surface area contributed by atoms with Crippen LogP contribution >= 0.6 is 22.6 Å². The molecule has 0 amide bonds. The van der Waals surface area contributed by atoms with E-state index in [9.17, 15) is 0 Å². The standard InChI is InChI=1S/C15H15IO2/c1-11-3-8-14(15(9-11)17-2)18-10-12-4-6-13(16)7-5-12/h3-9H,10H2,1-2H3. The number of methoxy groups -OCH3 is 1. The molecule has 0 radical (unpaired) electrons. The molecule has 94 valence electrons. The molecule has 0 bridgehead atoms. The van der Waals surface area contributed by atoms with Gasteiger partial charge in [-0.3, -0.25) is 0 Å². The van der Waals surface area contributed by atoms with Crippen molar-refractivity contribution in [3.63, 3.8) is 0 Å². The highest BCUT2D eigenvalue weighted by atomic mass is 127. The second kappa shape index (κ2) is 6.09. The summed E-state index contributed by atoms with van der Waals surface area (Å²) < 4.78 is 12.3. The average molecular weight is 354 g/mol. The number of hydrogen-bond donors (Lipinski definition) is 0. The Morgan fingerprint density at radius 3 is 2.39 bits per heavy atom. The van der Waals surface area contributed by atoms with Crippen LogP contribution in [0.15, 0.2) is 42.5 Å². The lowest BCUT2D eigenvalue weighted by atomic mass is 10.2. The molecule has 0 unspecified atom stereocenters. The van der Waals surface area contributed by atoms with Crippen molar-refractivity contribution in [1.29, 1.82) is 0 Å². The van der Waals surface area contributed by atoms with Gasteiger partial charge in [-0.05, 0) is 64.9 Å². The fourth-order valence-electron chi connectivity index (χ4n) is 1.64. The largest absolute Gasteiger partial charge is 0.493 e. The highest BCUT2D eigenvalue weighted by molar-refractivity contribution is 14.1. The van der Waals surface area contributed by atoms with Crippen LogP contribution in [0.2, 0.25) is 0 Å². The Kier molecular flexibility index (Phi) is 4.47. The van der Waals surface area contributed by atoms with E-state index in [1.807, 2.05) is 25.1 Å². The molecule has 2 rings (SSSR count). The van der Waals surface area contributed by atoms with E-state index in [1.165, 1.54) is 3.57 Å². The summed E-state index contributed by atoms with van der Waals surface area (Å²) in [6.45, 7) is 2.59. The van der Waals surface area contributed by atoms with E-state index < -0.39 is 0 Å². The maximum absolute atomic E-state index is 5.78. The Balaban J connectivity index is 2.08. The van der Waals surface area contributed by atoms with Crippen molar-refractivity contribution in [3.05, 3.63) is 57.2 Å². The minimum Gasteiger partial charge on any atom is -0.493 e. The first-order valence-corrected chi connectivity index (χ1v) is 6.79. The molecule has 2 aromatic rings. The van der Waals surface area contributed by atoms with E-state index in [1.54, 1.807) is 7.11 Å². The predicted molar refractivity (Wildman–Crippen MR) is 81.2 cm³/mol. The summed E-state index contributed by atoms with van der Waals surface area (Å²) in [6.07, 6.45) is 0. The molecule has 0 fully saturated rings. The summed E-state index contributed by atoms with van der Waals surface area (Å²) in [5.74, 6) is 1.56. The fourth-order valence-corrected chi connectivity index (χ4v) is 2.00. The number of benzene rings is 2. The molecule has 0 spiro atoms. The maximum Gasteiger partial charge on any atom is 0.161 e. The van der Waals surface area contributed by atoms with Crippen LogP contribution in [0.25, 0.3) is 0 Å². The van der Waals surface area contributed by atoms with Crippen molar-refractivity contribution in [3.8, 4) is 11.5 Å². The van der Waals surface area contributed by atoms with Gasteiger partial charge < -0.3 is 9.47 Å². The van der Waals surface area contributed by atoms with Crippen LogP contribution in [0.4, 0.5) is 0 Å². The zero-order chi connectivity index (χ0) is 13.0. The predicted octanol–water partition coefficient (Wildman–Crippen LogP) is 4.19. The van der Waals surface area contributed by atoms with E-state index in [2.05, 4.69) is 46.9 Å². The van der Waals surface area contributed by atoms with E-state index >= 15 is 0 Å². The molecule has 0 aromatic heterocycles. The molecule has 0 saturated heterocycles. The zero-order valence-electron chi connectivity index (χ0n) is 10.4. The zero-order valence-corrected chi connectivity index (χ0v) is 12.6. The van der Waals surface area contributed by atoms with E-state index in [0.717, 1.165) is 22.6 Å². The number of ether oxygens (including phenoxy) is 2. The molecule has 2 nitrogen and oxygen atoms in total. The minimum atomic E-state index is 0.552. The second-order valence-corrected chi connectivity index (χ2v) is 5.32. The van der Waals surface area contributed by atoms with Crippen molar-refractivity contribution >= 4 is 22.6 Å². The first-order valence-electron chi connectivity index (χ1n) is 5.71. The molecule has 0 aliphatic rings. The molecule has 3 heteroatoms. The molecule has 0 N–H and O–H groups in total. The van der Waals surface area contributed by atoms with Gasteiger partial charge in [-0.2, -0.15) is 0 Å². The Bertz CT molecular complexity index is 521. The van der Waals surface area contributed by atoms with Gasteiger partial charge in [0.15, 0.2) is 11.5 Å². The highest BCUT2D eigenvalue weighted by Crippen LogP contribution is 2.28. The van der Waals surface area contributed by atoms with E-state index in [0.29, 0.717) is 6.61 Å². The average Bonchev–Trinajstić information content (AvgIpc) is 2.39. The third-order valence-electron chi connectivity index (χ3n) is 2.63. The first-order chi connectivity index (χ1) is 8.69. The van der Waals surface area contributed by atoms with Gasteiger partial charge in [0.25, 0.3) is 0 Å². The fraction of sp³-hybridized carbons (Fsp3) is 0.200. The minimum absolute atomic E-state index is 0.552. The third kappa shape index (κ3) is 3.38. The van der Waals surface area contributed by atoms with Gasteiger partial charge in [0.1, 0.15) is 6.61 Å². The van der Waals surface area contributed by atoms with Crippen LogP contribution in [0.5, 0.6) is 11.5 Å². The molecule has 0 atom stereocenters. The van der Waals surface area contributed by atoms with Crippen molar-refractivity contribution in [2.45, 2.75) is 13.5 Å². The summed E-state index contributed by atoms with van der Waals surface area (Å²) in [5.41, 5.74) is 2.31. The van der Waals surface area contributed by atoms with Crippen LogP contribution in [0.1, 0.15) is 11.1 Å².